The summed E-state index contributed by atoms with van der Waals surface area (Å²) in [6.07, 6.45) is 3.70. The third kappa shape index (κ3) is 2.29. The van der Waals surface area contributed by atoms with Gasteiger partial charge in [-0.3, -0.25) is 4.98 Å². The Morgan fingerprint density at radius 1 is 1.42 bits per heavy atom. The highest BCUT2D eigenvalue weighted by Gasteiger charge is 2.21. The van der Waals surface area contributed by atoms with Gasteiger partial charge in [0, 0.05) is 24.1 Å². The Kier molecular flexibility index (Phi) is 3.36. The molecule has 4 heteroatoms. The summed E-state index contributed by atoms with van der Waals surface area (Å²) < 4.78 is 7.81. The van der Waals surface area contributed by atoms with Crippen molar-refractivity contribution in [1.82, 2.24) is 14.9 Å². The summed E-state index contributed by atoms with van der Waals surface area (Å²) in [5.74, 6) is 0. The van der Waals surface area contributed by atoms with Gasteiger partial charge >= 0.3 is 0 Å². The molecular weight excluding hydrogens is 238 g/mol. The van der Waals surface area contributed by atoms with Crippen LogP contribution in [0.4, 0.5) is 0 Å². The molecule has 0 aromatic carbocycles. The lowest BCUT2D eigenvalue weighted by atomic mass is 10.1. The van der Waals surface area contributed by atoms with Crippen LogP contribution in [-0.2, 0) is 4.74 Å². The molecule has 3 heterocycles. The van der Waals surface area contributed by atoms with Gasteiger partial charge in [0.25, 0.3) is 0 Å². The predicted octanol–water partition coefficient (Wildman–Crippen LogP) is 2.15. The Morgan fingerprint density at radius 3 is 3.00 bits per heavy atom. The van der Waals surface area contributed by atoms with Crippen molar-refractivity contribution >= 4 is 0 Å². The molecule has 4 nitrogen and oxygen atoms in total. The van der Waals surface area contributed by atoms with Gasteiger partial charge in [0.15, 0.2) is 0 Å². The van der Waals surface area contributed by atoms with Crippen molar-refractivity contribution in [2.45, 2.75) is 19.9 Å². The molecule has 1 fully saturated rings. The minimum Gasteiger partial charge on any atom is -0.378 e. The van der Waals surface area contributed by atoms with Crippen LogP contribution >= 0.6 is 0 Å². The molecule has 1 N–H and O–H groups in total. The van der Waals surface area contributed by atoms with E-state index < -0.39 is 0 Å². The van der Waals surface area contributed by atoms with E-state index in [1.165, 1.54) is 17.0 Å². The van der Waals surface area contributed by atoms with Gasteiger partial charge in [0.1, 0.15) is 0 Å². The summed E-state index contributed by atoms with van der Waals surface area (Å²) in [4.78, 5) is 4.20. The number of aryl methyl sites for hydroxylation is 1. The number of aromatic nitrogens is 2. The Bertz CT molecular complexity index is 556. The molecule has 0 bridgehead atoms. The maximum Gasteiger partial charge on any atom is 0.0662 e. The monoisotopic (exact) mass is 257 g/mol. The lowest BCUT2D eigenvalue weighted by Crippen LogP contribution is -2.34. The van der Waals surface area contributed by atoms with Crippen LogP contribution in [0.1, 0.15) is 23.0 Å². The van der Waals surface area contributed by atoms with Crippen LogP contribution in [0.15, 0.2) is 30.6 Å². The first kappa shape index (κ1) is 12.4. The Hall–Kier alpha value is -1.65. The van der Waals surface area contributed by atoms with Crippen molar-refractivity contribution in [3.8, 4) is 5.69 Å². The van der Waals surface area contributed by atoms with Crippen molar-refractivity contribution in [3.63, 3.8) is 0 Å². The molecule has 1 atom stereocenters. The molecule has 0 unspecified atom stereocenters. The highest BCUT2D eigenvalue weighted by molar-refractivity contribution is 5.40. The molecular formula is C15H19N3O. The molecule has 19 heavy (non-hydrogen) atoms. The summed E-state index contributed by atoms with van der Waals surface area (Å²) in [7, 11) is 0. The smallest absolute Gasteiger partial charge is 0.0662 e. The normalized spacial score (nSPS) is 19.6. The number of hydrogen-bond donors (Lipinski definition) is 1. The highest BCUT2D eigenvalue weighted by atomic mass is 16.5. The second-order valence-electron chi connectivity index (χ2n) is 4.95. The zero-order valence-corrected chi connectivity index (χ0v) is 11.4. The van der Waals surface area contributed by atoms with Gasteiger partial charge in [-0.15, -0.1) is 0 Å². The fourth-order valence-corrected chi connectivity index (χ4v) is 2.79. The molecule has 1 saturated heterocycles. The first-order valence-electron chi connectivity index (χ1n) is 6.68. The zero-order chi connectivity index (χ0) is 13.2. The summed E-state index contributed by atoms with van der Waals surface area (Å²) in [6.45, 7) is 6.76. The van der Waals surface area contributed by atoms with Gasteiger partial charge in [-0.2, -0.15) is 0 Å². The number of nitrogens with one attached hydrogen (secondary N) is 1. The van der Waals surface area contributed by atoms with E-state index in [0.717, 1.165) is 25.4 Å². The van der Waals surface area contributed by atoms with E-state index >= 15 is 0 Å². The fourth-order valence-electron chi connectivity index (χ4n) is 2.79. The average molecular weight is 257 g/mol. The first-order valence-corrected chi connectivity index (χ1v) is 6.68. The molecule has 0 spiro atoms. The van der Waals surface area contributed by atoms with Crippen molar-refractivity contribution in [2.75, 3.05) is 19.8 Å². The summed E-state index contributed by atoms with van der Waals surface area (Å²) in [5, 5.41) is 3.51. The van der Waals surface area contributed by atoms with E-state index in [-0.39, 0.29) is 0 Å². The maximum atomic E-state index is 5.56. The SMILES string of the molecule is Cc1cc([C@H]2COCCN2)c(C)n1-c1cccnc1. The van der Waals surface area contributed by atoms with Gasteiger partial charge in [-0.1, -0.05) is 0 Å². The van der Waals surface area contributed by atoms with Crippen molar-refractivity contribution < 1.29 is 4.74 Å². The minimum absolute atomic E-state index is 0.297. The van der Waals surface area contributed by atoms with Gasteiger partial charge in [0.2, 0.25) is 0 Å². The largest absolute Gasteiger partial charge is 0.378 e. The number of nitrogens with zero attached hydrogens (tertiary/aromatic N) is 2. The molecule has 2 aromatic rings. The van der Waals surface area contributed by atoms with Crippen LogP contribution in [0, 0.1) is 13.8 Å². The lowest BCUT2D eigenvalue weighted by molar-refractivity contribution is 0.0767. The van der Waals surface area contributed by atoms with E-state index in [0.29, 0.717) is 6.04 Å². The molecule has 100 valence electrons. The summed E-state index contributed by atoms with van der Waals surface area (Å²) in [5.41, 5.74) is 4.92. The van der Waals surface area contributed by atoms with Crippen molar-refractivity contribution in [2.24, 2.45) is 0 Å². The van der Waals surface area contributed by atoms with Crippen LogP contribution in [0.5, 0.6) is 0 Å². The first-order chi connectivity index (χ1) is 9.27. The van der Waals surface area contributed by atoms with Crippen LogP contribution in [-0.4, -0.2) is 29.3 Å². The maximum absolute atomic E-state index is 5.56. The fraction of sp³-hybridized carbons (Fsp3) is 0.400. The van der Waals surface area contributed by atoms with E-state index in [2.05, 4.69) is 40.8 Å². The van der Waals surface area contributed by atoms with Gasteiger partial charge < -0.3 is 14.6 Å². The molecule has 0 radical (unpaired) electrons. The third-order valence-electron chi connectivity index (χ3n) is 3.67. The topological polar surface area (TPSA) is 39.1 Å². The second-order valence-corrected chi connectivity index (χ2v) is 4.95. The number of hydrogen-bond acceptors (Lipinski definition) is 3. The second kappa shape index (κ2) is 5.15. The van der Waals surface area contributed by atoms with Gasteiger partial charge in [-0.25, -0.2) is 0 Å². The molecule has 0 aliphatic carbocycles. The molecule has 1 aliphatic heterocycles. The lowest BCUT2D eigenvalue weighted by Gasteiger charge is -2.24. The number of pyridine rings is 1. The molecule has 3 rings (SSSR count). The van der Waals surface area contributed by atoms with E-state index in [4.69, 9.17) is 4.74 Å². The van der Waals surface area contributed by atoms with Crippen LogP contribution in [0.3, 0.4) is 0 Å². The quantitative estimate of drug-likeness (QED) is 0.896. The number of morpholine rings is 1. The highest BCUT2D eigenvalue weighted by Crippen LogP contribution is 2.26. The summed E-state index contributed by atoms with van der Waals surface area (Å²) in [6, 6.07) is 6.59. The van der Waals surface area contributed by atoms with E-state index in [1.807, 2.05) is 12.3 Å². The van der Waals surface area contributed by atoms with Gasteiger partial charge in [0.05, 0.1) is 31.1 Å². The molecule has 0 saturated carbocycles. The van der Waals surface area contributed by atoms with Crippen molar-refractivity contribution in [3.05, 3.63) is 47.5 Å². The molecule has 0 amide bonds. The summed E-state index contributed by atoms with van der Waals surface area (Å²) >= 11 is 0. The third-order valence-corrected chi connectivity index (χ3v) is 3.67. The van der Waals surface area contributed by atoms with Crippen LogP contribution in [0.25, 0.3) is 5.69 Å². The minimum atomic E-state index is 0.297. The standard InChI is InChI=1S/C15H19N3O/c1-11-8-14(15-10-19-7-6-17-15)12(2)18(11)13-4-3-5-16-9-13/h3-5,8-9,15,17H,6-7,10H2,1-2H3/t15-/m1/s1. The average Bonchev–Trinajstić information content (AvgIpc) is 2.76. The van der Waals surface area contributed by atoms with Gasteiger partial charge in [-0.05, 0) is 37.6 Å². The van der Waals surface area contributed by atoms with Crippen molar-refractivity contribution in [1.29, 1.82) is 0 Å². The Labute approximate surface area is 113 Å². The Balaban J connectivity index is 2.00. The van der Waals surface area contributed by atoms with E-state index in [1.54, 1.807) is 6.20 Å². The Morgan fingerprint density at radius 2 is 2.32 bits per heavy atom. The van der Waals surface area contributed by atoms with E-state index in [9.17, 15) is 0 Å². The molecule has 1 aliphatic rings. The molecule has 2 aromatic heterocycles. The number of ether oxygens (including phenoxy) is 1. The zero-order valence-electron chi connectivity index (χ0n) is 11.4. The van der Waals surface area contributed by atoms with Crippen LogP contribution in [0.2, 0.25) is 0 Å². The van der Waals surface area contributed by atoms with Crippen LogP contribution < -0.4 is 5.32 Å². The predicted molar refractivity (Wildman–Crippen MR) is 74.6 cm³/mol. The number of rotatable bonds is 2.